The second-order valence-electron chi connectivity index (χ2n) is 6.65. The molecule has 0 atom stereocenters. The average molecular weight is 342 g/mol. The zero-order valence-electron chi connectivity index (χ0n) is 15.0. The number of anilines is 1. The maximum Gasteiger partial charge on any atom is 0.234 e. The molecule has 0 radical (unpaired) electrons. The van der Waals surface area contributed by atoms with Crippen LogP contribution in [0.5, 0.6) is 0 Å². The van der Waals surface area contributed by atoms with Crippen molar-refractivity contribution in [2.75, 3.05) is 11.1 Å². The molecule has 3 heteroatoms. The summed E-state index contributed by atoms with van der Waals surface area (Å²) in [5.74, 6) is 2.17. The summed E-state index contributed by atoms with van der Waals surface area (Å²) in [6.07, 6.45) is 0. The molecule has 0 fully saturated rings. The van der Waals surface area contributed by atoms with Gasteiger partial charge in [-0.2, -0.15) is 0 Å². The molecule has 0 saturated carbocycles. The van der Waals surface area contributed by atoms with Gasteiger partial charge in [-0.1, -0.05) is 76.2 Å². The summed E-state index contributed by atoms with van der Waals surface area (Å²) < 4.78 is 0. The number of rotatable bonds is 7. The summed E-state index contributed by atoms with van der Waals surface area (Å²) in [6.45, 7) is 8.66. The van der Waals surface area contributed by atoms with Crippen molar-refractivity contribution in [2.45, 2.75) is 45.3 Å². The molecule has 1 N–H and O–H groups in total. The van der Waals surface area contributed by atoms with Crippen LogP contribution < -0.4 is 5.32 Å². The first-order valence-electron chi connectivity index (χ1n) is 8.53. The highest BCUT2D eigenvalue weighted by molar-refractivity contribution is 7.99. The maximum absolute atomic E-state index is 12.4. The third-order valence-electron chi connectivity index (χ3n) is 3.98. The fraction of sp³-hybridized carbons (Fsp3) is 0.381. The molecule has 24 heavy (non-hydrogen) atoms. The van der Waals surface area contributed by atoms with Crippen LogP contribution in [-0.4, -0.2) is 11.7 Å². The van der Waals surface area contributed by atoms with Crippen molar-refractivity contribution >= 4 is 23.4 Å². The van der Waals surface area contributed by atoms with Crippen molar-refractivity contribution in [3.8, 4) is 0 Å². The largest absolute Gasteiger partial charge is 0.325 e. The van der Waals surface area contributed by atoms with E-state index in [0.717, 1.165) is 11.4 Å². The summed E-state index contributed by atoms with van der Waals surface area (Å²) >= 11 is 1.65. The van der Waals surface area contributed by atoms with Crippen LogP contribution in [0.1, 0.15) is 56.2 Å². The lowest BCUT2D eigenvalue weighted by Crippen LogP contribution is -2.17. The summed E-state index contributed by atoms with van der Waals surface area (Å²) in [6, 6.07) is 16.6. The molecular weight excluding hydrogens is 314 g/mol. The van der Waals surface area contributed by atoms with Crippen LogP contribution in [-0.2, 0) is 10.5 Å². The van der Waals surface area contributed by atoms with Crippen molar-refractivity contribution in [1.82, 2.24) is 0 Å². The number of carbonyl (C=O) groups is 1. The molecule has 2 aromatic rings. The van der Waals surface area contributed by atoms with Gasteiger partial charge in [0.05, 0.1) is 5.75 Å². The van der Waals surface area contributed by atoms with Gasteiger partial charge in [0, 0.05) is 11.4 Å². The van der Waals surface area contributed by atoms with E-state index in [0.29, 0.717) is 17.6 Å². The second-order valence-corrected chi connectivity index (χ2v) is 7.63. The highest BCUT2D eigenvalue weighted by Gasteiger charge is 2.15. The Bertz CT molecular complexity index is 639. The van der Waals surface area contributed by atoms with Gasteiger partial charge in [-0.05, 0) is 28.5 Å². The van der Waals surface area contributed by atoms with Crippen LogP contribution in [0.25, 0.3) is 0 Å². The van der Waals surface area contributed by atoms with Gasteiger partial charge in [0.15, 0.2) is 0 Å². The van der Waals surface area contributed by atoms with Crippen molar-refractivity contribution in [3.05, 3.63) is 65.2 Å². The Labute approximate surface area is 150 Å². The predicted molar refractivity (Wildman–Crippen MR) is 106 cm³/mol. The van der Waals surface area contributed by atoms with E-state index >= 15 is 0 Å². The fourth-order valence-corrected chi connectivity index (χ4v) is 3.49. The second kappa shape index (κ2) is 8.93. The van der Waals surface area contributed by atoms with Crippen LogP contribution in [0.2, 0.25) is 0 Å². The third-order valence-corrected chi connectivity index (χ3v) is 4.99. The van der Waals surface area contributed by atoms with Crippen LogP contribution >= 0.6 is 11.8 Å². The highest BCUT2D eigenvalue weighted by atomic mass is 32.2. The van der Waals surface area contributed by atoms with Crippen LogP contribution in [0.3, 0.4) is 0 Å². The van der Waals surface area contributed by atoms with E-state index in [2.05, 4.69) is 63.3 Å². The standard InChI is InChI=1S/C21H27NOS/c1-15(2)18-11-8-12-19(16(3)4)21(18)22-20(23)14-24-13-17-9-6-5-7-10-17/h5-12,15-16H,13-14H2,1-4H3,(H,22,23). The van der Waals surface area contributed by atoms with E-state index in [1.807, 2.05) is 18.2 Å². The molecule has 2 nitrogen and oxygen atoms in total. The lowest BCUT2D eigenvalue weighted by molar-refractivity contribution is -0.113. The van der Waals surface area contributed by atoms with Crippen molar-refractivity contribution in [2.24, 2.45) is 0 Å². The molecule has 2 rings (SSSR count). The fourth-order valence-electron chi connectivity index (χ4n) is 2.71. The Morgan fingerprint density at radius 3 is 2.04 bits per heavy atom. The van der Waals surface area contributed by atoms with E-state index in [-0.39, 0.29) is 5.91 Å². The van der Waals surface area contributed by atoms with Gasteiger partial charge in [-0.15, -0.1) is 11.8 Å². The molecule has 0 aliphatic rings. The summed E-state index contributed by atoms with van der Waals surface area (Å²) in [5, 5.41) is 3.17. The molecule has 0 aliphatic carbocycles. The Morgan fingerprint density at radius 2 is 1.50 bits per heavy atom. The lowest BCUT2D eigenvalue weighted by atomic mass is 9.92. The molecule has 0 saturated heterocycles. The van der Waals surface area contributed by atoms with Crippen LogP contribution in [0.4, 0.5) is 5.69 Å². The predicted octanol–water partition coefficient (Wildman–Crippen LogP) is 5.81. The van der Waals surface area contributed by atoms with Crippen molar-refractivity contribution in [3.63, 3.8) is 0 Å². The minimum atomic E-state index is 0.0749. The maximum atomic E-state index is 12.4. The van der Waals surface area contributed by atoms with Gasteiger partial charge in [0.2, 0.25) is 5.91 Å². The molecule has 0 bridgehead atoms. The molecule has 128 valence electrons. The van der Waals surface area contributed by atoms with E-state index in [9.17, 15) is 4.79 Å². The number of nitrogens with one attached hydrogen (secondary N) is 1. The monoisotopic (exact) mass is 341 g/mol. The molecule has 0 aliphatic heterocycles. The molecule has 0 spiro atoms. The zero-order valence-corrected chi connectivity index (χ0v) is 15.8. The Kier molecular flexibility index (Phi) is 6.92. The quantitative estimate of drug-likeness (QED) is 0.689. The number of hydrogen-bond acceptors (Lipinski definition) is 2. The number of benzene rings is 2. The van der Waals surface area contributed by atoms with Gasteiger partial charge >= 0.3 is 0 Å². The van der Waals surface area contributed by atoms with Gasteiger partial charge in [-0.3, -0.25) is 4.79 Å². The van der Waals surface area contributed by atoms with E-state index in [1.54, 1.807) is 11.8 Å². The average Bonchev–Trinajstić information content (AvgIpc) is 2.55. The Balaban J connectivity index is 2.02. The summed E-state index contributed by atoms with van der Waals surface area (Å²) in [7, 11) is 0. The summed E-state index contributed by atoms with van der Waals surface area (Å²) in [5.41, 5.74) is 4.68. The normalized spacial score (nSPS) is 11.1. The molecule has 0 aromatic heterocycles. The van der Waals surface area contributed by atoms with E-state index in [1.165, 1.54) is 16.7 Å². The number of para-hydroxylation sites is 1. The summed E-state index contributed by atoms with van der Waals surface area (Å²) in [4.78, 5) is 12.4. The lowest BCUT2D eigenvalue weighted by Gasteiger charge is -2.20. The third kappa shape index (κ3) is 5.13. The Morgan fingerprint density at radius 1 is 0.917 bits per heavy atom. The van der Waals surface area contributed by atoms with Gasteiger partial charge in [0.25, 0.3) is 0 Å². The zero-order chi connectivity index (χ0) is 17.5. The Hall–Kier alpha value is -1.74. The number of thioether (sulfide) groups is 1. The van der Waals surface area contributed by atoms with Crippen molar-refractivity contribution in [1.29, 1.82) is 0 Å². The molecule has 1 amide bonds. The topological polar surface area (TPSA) is 29.1 Å². The van der Waals surface area contributed by atoms with Crippen LogP contribution in [0.15, 0.2) is 48.5 Å². The molecule has 0 unspecified atom stereocenters. The minimum absolute atomic E-state index is 0.0749. The SMILES string of the molecule is CC(C)c1cccc(C(C)C)c1NC(=O)CSCc1ccccc1. The van der Waals surface area contributed by atoms with Gasteiger partial charge in [0.1, 0.15) is 0 Å². The molecule has 0 heterocycles. The molecule has 2 aromatic carbocycles. The highest BCUT2D eigenvalue weighted by Crippen LogP contribution is 2.32. The smallest absolute Gasteiger partial charge is 0.234 e. The van der Waals surface area contributed by atoms with Crippen molar-refractivity contribution < 1.29 is 4.79 Å². The number of hydrogen-bond donors (Lipinski definition) is 1. The van der Waals surface area contributed by atoms with Gasteiger partial charge in [-0.25, -0.2) is 0 Å². The van der Waals surface area contributed by atoms with E-state index < -0.39 is 0 Å². The first-order valence-corrected chi connectivity index (χ1v) is 9.68. The first kappa shape index (κ1) is 18.6. The van der Waals surface area contributed by atoms with Gasteiger partial charge < -0.3 is 5.32 Å². The number of carbonyl (C=O) groups excluding carboxylic acids is 1. The van der Waals surface area contributed by atoms with Crippen LogP contribution in [0, 0.1) is 0 Å². The molecular formula is C21H27NOS. The van der Waals surface area contributed by atoms with E-state index in [4.69, 9.17) is 0 Å². The first-order chi connectivity index (χ1) is 11.5. The number of amides is 1. The minimum Gasteiger partial charge on any atom is -0.325 e.